The first-order valence-corrected chi connectivity index (χ1v) is 5.49. The van der Waals surface area contributed by atoms with Gasteiger partial charge in [-0.15, -0.1) is 0 Å². The molecule has 0 spiro atoms. The fourth-order valence-corrected chi connectivity index (χ4v) is 1.41. The third kappa shape index (κ3) is 4.48. The van der Waals surface area contributed by atoms with Crippen molar-refractivity contribution in [1.29, 1.82) is 0 Å². The summed E-state index contributed by atoms with van der Waals surface area (Å²) in [5, 5.41) is 5.56. The van der Waals surface area contributed by atoms with E-state index in [-0.39, 0.29) is 24.3 Å². The molecule has 0 atom stereocenters. The minimum Gasteiger partial charge on any atom is -0.355 e. The molecule has 0 fully saturated rings. The van der Waals surface area contributed by atoms with Crippen LogP contribution in [-0.4, -0.2) is 26.0 Å². The molecule has 0 saturated carbocycles. The van der Waals surface area contributed by atoms with Crippen LogP contribution in [0.1, 0.15) is 12.0 Å². The van der Waals surface area contributed by atoms with E-state index >= 15 is 0 Å². The fourth-order valence-electron chi connectivity index (χ4n) is 1.41. The van der Waals surface area contributed by atoms with E-state index in [1.807, 2.05) is 0 Å². The van der Waals surface area contributed by atoms with Gasteiger partial charge in [0, 0.05) is 19.5 Å². The molecule has 17 heavy (non-hydrogen) atoms. The minimum atomic E-state index is -0.877. The summed E-state index contributed by atoms with van der Waals surface area (Å²) >= 11 is 0. The smallest absolute Gasteiger partial charge is 0.220 e. The molecule has 0 radical (unpaired) electrons. The fraction of sp³-hybridized carbons (Fsp3) is 0.417. The number of carbonyl (C=O) groups is 1. The Hall–Kier alpha value is -1.49. The predicted octanol–water partition coefficient (Wildman–Crippen LogP) is 1.23. The highest BCUT2D eigenvalue weighted by Crippen LogP contribution is 2.12. The summed E-state index contributed by atoms with van der Waals surface area (Å²) in [4.78, 5) is 11.3. The van der Waals surface area contributed by atoms with Gasteiger partial charge in [-0.1, -0.05) is 12.1 Å². The van der Waals surface area contributed by atoms with Crippen molar-refractivity contribution in [2.75, 3.05) is 20.1 Å². The predicted molar refractivity (Wildman–Crippen MR) is 61.6 cm³/mol. The summed E-state index contributed by atoms with van der Waals surface area (Å²) in [6, 6.07) is 3.98. The molecular formula is C12H16F2N2O. The average Bonchev–Trinajstić information content (AvgIpc) is 2.31. The summed E-state index contributed by atoms with van der Waals surface area (Å²) in [6.07, 6.45) is 0.360. The lowest BCUT2D eigenvalue weighted by molar-refractivity contribution is -0.121. The Bertz CT molecular complexity index is 383. The Balaban J connectivity index is 2.39. The van der Waals surface area contributed by atoms with Gasteiger partial charge in [-0.25, -0.2) is 8.78 Å². The first-order valence-electron chi connectivity index (χ1n) is 5.49. The molecule has 0 bridgehead atoms. The molecule has 1 aromatic carbocycles. The van der Waals surface area contributed by atoms with Crippen molar-refractivity contribution in [3.63, 3.8) is 0 Å². The van der Waals surface area contributed by atoms with Crippen LogP contribution < -0.4 is 10.6 Å². The zero-order valence-corrected chi connectivity index (χ0v) is 9.72. The number of benzene rings is 1. The van der Waals surface area contributed by atoms with Crippen molar-refractivity contribution >= 4 is 5.91 Å². The average molecular weight is 242 g/mol. The number of halogens is 2. The molecule has 1 aromatic rings. The molecule has 2 N–H and O–H groups in total. The summed E-state index contributed by atoms with van der Waals surface area (Å²) < 4.78 is 26.1. The van der Waals surface area contributed by atoms with E-state index in [1.54, 1.807) is 7.05 Å². The molecule has 0 aromatic heterocycles. The highest BCUT2D eigenvalue weighted by molar-refractivity contribution is 5.76. The molecule has 0 heterocycles. The van der Waals surface area contributed by atoms with Crippen LogP contribution >= 0.6 is 0 Å². The maximum atomic E-state index is 13.2. The maximum Gasteiger partial charge on any atom is 0.220 e. The number of nitrogens with one attached hydrogen (secondary N) is 2. The van der Waals surface area contributed by atoms with E-state index in [2.05, 4.69) is 10.6 Å². The molecule has 94 valence electrons. The van der Waals surface area contributed by atoms with E-state index in [1.165, 1.54) is 12.1 Å². The third-order valence-electron chi connectivity index (χ3n) is 2.35. The van der Waals surface area contributed by atoms with Gasteiger partial charge in [0.2, 0.25) is 5.91 Å². The van der Waals surface area contributed by atoms with Crippen molar-refractivity contribution < 1.29 is 13.6 Å². The maximum absolute atomic E-state index is 13.2. The van der Waals surface area contributed by atoms with Crippen LogP contribution in [0.3, 0.4) is 0 Å². The number of hydrogen-bond donors (Lipinski definition) is 2. The number of likely N-dealkylation sites (N-methyl/N-ethyl adjacent to an activating group) is 1. The van der Waals surface area contributed by atoms with Crippen molar-refractivity contribution in [1.82, 2.24) is 10.6 Å². The summed E-state index contributed by atoms with van der Waals surface area (Å²) in [5.74, 6) is -1.91. The molecule has 1 amide bonds. The van der Waals surface area contributed by atoms with E-state index in [0.29, 0.717) is 13.1 Å². The van der Waals surface area contributed by atoms with E-state index in [0.717, 1.165) is 6.07 Å². The summed E-state index contributed by atoms with van der Waals surface area (Å²) in [5.41, 5.74) is 0.230. The van der Waals surface area contributed by atoms with Crippen LogP contribution in [0, 0.1) is 11.6 Å². The molecule has 0 aliphatic heterocycles. The molecule has 0 unspecified atom stereocenters. The third-order valence-corrected chi connectivity index (χ3v) is 2.35. The molecule has 0 saturated heterocycles. The highest BCUT2D eigenvalue weighted by Gasteiger charge is 2.09. The number of hydrogen-bond acceptors (Lipinski definition) is 2. The van der Waals surface area contributed by atoms with E-state index in [4.69, 9.17) is 0 Å². The Morgan fingerprint density at radius 1 is 1.29 bits per heavy atom. The lowest BCUT2D eigenvalue weighted by atomic mass is 10.1. The van der Waals surface area contributed by atoms with Crippen molar-refractivity contribution in [2.45, 2.75) is 12.8 Å². The normalized spacial score (nSPS) is 10.3. The van der Waals surface area contributed by atoms with Crippen LogP contribution in [-0.2, 0) is 11.2 Å². The molecule has 5 heteroatoms. The van der Waals surface area contributed by atoms with Gasteiger partial charge in [0.1, 0.15) is 0 Å². The highest BCUT2D eigenvalue weighted by atomic mass is 19.2. The number of amides is 1. The Morgan fingerprint density at radius 3 is 2.76 bits per heavy atom. The molecule has 0 aliphatic carbocycles. The van der Waals surface area contributed by atoms with E-state index in [9.17, 15) is 13.6 Å². The molecule has 3 nitrogen and oxygen atoms in total. The zero-order chi connectivity index (χ0) is 12.7. The largest absolute Gasteiger partial charge is 0.355 e. The van der Waals surface area contributed by atoms with Crippen LogP contribution in [0.4, 0.5) is 8.78 Å². The Kier molecular flexibility index (Phi) is 5.56. The topological polar surface area (TPSA) is 41.1 Å². The van der Waals surface area contributed by atoms with Gasteiger partial charge >= 0.3 is 0 Å². The van der Waals surface area contributed by atoms with Crippen LogP contribution in [0.25, 0.3) is 0 Å². The first-order chi connectivity index (χ1) is 8.15. The second-order valence-electron chi connectivity index (χ2n) is 3.67. The second-order valence-corrected chi connectivity index (χ2v) is 3.67. The van der Waals surface area contributed by atoms with Gasteiger partial charge in [0.15, 0.2) is 11.6 Å². The minimum absolute atomic E-state index is 0.157. The van der Waals surface area contributed by atoms with Crippen LogP contribution in [0.15, 0.2) is 18.2 Å². The SMILES string of the molecule is CNCCNC(=O)CCc1cccc(F)c1F. The quantitative estimate of drug-likeness (QED) is 0.737. The monoisotopic (exact) mass is 242 g/mol. The lowest BCUT2D eigenvalue weighted by Gasteiger charge is -2.05. The van der Waals surface area contributed by atoms with Crippen molar-refractivity contribution in [3.8, 4) is 0 Å². The van der Waals surface area contributed by atoms with Gasteiger partial charge in [0.25, 0.3) is 0 Å². The Labute approximate surface area is 99.2 Å². The Morgan fingerprint density at radius 2 is 2.06 bits per heavy atom. The summed E-state index contributed by atoms with van der Waals surface area (Å²) in [7, 11) is 1.79. The number of aryl methyl sites for hydroxylation is 1. The van der Waals surface area contributed by atoms with Crippen molar-refractivity contribution in [3.05, 3.63) is 35.4 Å². The van der Waals surface area contributed by atoms with Gasteiger partial charge in [0.05, 0.1) is 0 Å². The molecule has 1 rings (SSSR count). The zero-order valence-electron chi connectivity index (χ0n) is 9.72. The van der Waals surface area contributed by atoms with Gasteiger partial charge in [-0.05, 0) is 25.1 Å². The standard InChI is InChI=1S/C12H16F2N2O/c1-15-7-8-16-11(17)6-5-9-3-2-4-10(13)12(9)14/h2-4,15H,5-8H2,1H3,(H,16,17). The second kappa shape index (κ2) is 6.96. The number of rotatable bonds is 6. The van der Waals surface area contributed by atoms with Gasteiger partial charge in [-0.3, -0.25) is 4.79 Å². The van der Waals surface area contributed by atoms with E-state index < -0.39 is 11.6 Å². The van der Waals surface area contributed by atoms with Crippen LogP contribution in [0.2, 0.25) is 0 Å². The van der Waals surface area contributed by atoms with Crippen LogP contribution in [0.5, 0.6) is 0 Å². The molecular weight excluding hydrogens is 226 g/mol. The van der Waals surface area contributed by atoms with Gasteiger partial charge in [-0.2, -0.15) is 0 Å². The lowest BCUT2D eigenvalue weighted by Crippen LogP contribution is -2.30. The first kappa shape index (κ1) is 13.6. The van der Waals surface area contributed by atoms with Gasteiger partial charge < -0.3 is 10.6 Å². The van der Waals surface area contributed by atoms with Crippen molar-refractivity contribution in [2.24, 2.45) is 0 Å². The molecule has 0 aliphatic rings. The summed E-state index contributed by atoms with van der Waals surface area (Å²) in [6.45, 7) is 1.21. The number of carbonyl (C=O) groups excluding carboxylic acids is 1.